The molecular formula is C18H21NO. The van der Waals surface area contributed by atoms with E-state index in [9.17, 15) is 4.79 Å². The average molecular weight is 267 g/mol. The summed E-state index contributed by atoms with van der Waals surface area (Å²) in [5, 5.41) is 0. The number of nitrogens with two attached hydrogens (primary N) is 1. The van der Waals surface area contributed by atoms with Gasteiger partial charge in [0.25, 0.3) is 0 Å². The lowest BCUT2D eigenvalue weighted by Gasteiger charge is -2.21. The highest BCUT2D eigenvalue weighted by Crippen LogP contribution is 2.23. The molecular weight excluding hydrogens is 246 g/mol. The summed E-state index contributed by atoms with van der Waals surface area (Å²) in [6, 6.07) is 17.9. The summed E-state index contributed by atoms with van der Waals surface area (Å²) in [5.41, 5.74) is 8.58. The number of hydrogen-bond acceptors (Lipinski definition) is 2. The molecule has 0 unspecified atom stereocenters. The van der Waals surface area contributed by atoms with Crippen molar-refractivity contribution in [1.29, 1.82) is 0 Å². The van der Waals surface area contributed by atoms with Crippen LogP contribution in [0.1, 0.15) is 30.6 Å². The van der Waals surface area contributed by atoms with Crippen molar-refractivity contribution in [2.45, 2.75) is 20.3 Å². The molecule has 0 radical (unpaired) electrons. The summed E-state index contributed by atoms with van der Waals surface area (Å²) in [4.78, 5) is 12.2. The molecule has 0 saturated carbocycles. The van der Waals surface area contributed by atoms with Gasteiger partial charge in [0.2, 0.25) is 0 Å². The molecule has 2 aromatic carbocycles. The Morgan fingerprint density at radius 3 is 2.05 bits per heavy atom. The molecule has 0 aromatic heterocycles. The largest absolute Gasteiger partial charge is 0.330 e. The van der Waals surface area contributed by atoms with Crippen molar-refractivity contribution in [3.8, 4) is 11.1 Å². The smallest absolute Gasteiger partial charge is 0.163 e. The van der Waals surface area contributed by atoms with E-state index < -0.39 is 0 Å². The zero-order valence-electron chi connectivity index (χ0n) is 12.1. The maximum atomic E-state index is 12.2. The number of benzene rings is 2. The highest BCUT2D eigenvalue weighted by molar-refractivity contribution is 5.96. The minimum absolute atomic E-state index is 0.144. The lowest BCUT2D eigenvalue weighted by atomic mass is 9.85. The maximum Gasteiger partial charge on any atom is 0.163 e. The standard InChI is InChI=1S/C18H21NO/c1-18(2,13-19)12-17(20)16-10-8-15(9-11-16)14-6-4-3-5-7-14/h3-11H,12-13,19H2,1-2H3. The first-order valence-electron chi connectivity index (χ1n) is 6.91. The summed E-state index contributed by atoms with van der Waals surface area (Å²) in [6.45, 7) is 4.55. The van der Waals surface area contributed by atoms with Crippen LogP contribution >= 0.6 is 0 Å². The van der Waals surface area contributed by atoms with Gasteiger partial charge in [0.15, 0.2) is 5.78 Å². The van der Waals surface area contributed by atoms with E-state index in [-0.39, 0.29) is 11.2 Å². The number of carbonyl (C=O) groups is 1. The van der Waals surface area contributed by atoms with Crippen LogP contribution in [0.15, 0.2) is 54.6 Å². The summed E-state index contributed by atoms with van der Waals surface area (Å²) in [7, 11) is 0. The van der Waals surface area contributed by atoms with Crippen molar-refractivity contribution in [2.24, 2.45) is 11.1 Å². The van der Waals surface area contributed by atoms with E-state index in [0.717, 1.165) is 16.7 Å². The average Bonchev–Trinajstić information content (AvgIpc) is 2.48. The molecule has 2 nitrogen and oxygen atoms in total. The van der Waals surface area contributed by atoms with Crippen LogP contribution in [0.3, 0.4) is 0 Å². The molecule has 0 saturated heterocycles. The number of carbonyl (C=O) groups excluding carboxylic acids is 1. The van der Waals surface area contributed by atoms with Gasteiger partial charge in [-0.1, -0.05) is 68.4 Å². The molecule has 104 valence electrons. The van der Waals surface area contributed by atoms with Crippen LogP contribution in [0.2, 0.25) is 0 Å². The molecule has 0 bridgehead atoms. The van der Waals surface area contributed by atoms with Crippen LogP contribution in [-0.4, -0.2) is 12.3 Å². The molecule has 0 aliphatic heterocycles. The van der Waals surface area contributed by atoms with Crippen molar-refractivity contribution in [3.05, 3.63) is 60.2 Å². The zero-order chi connectivity index (χ0) is 14.6. The van der Waals surface area contributed by atoms with E-state index in [4.69, 9.17) is 5.73 Å². The molecule has 2 rings (SSSR count). The first-order valence-corrected chi connectivity index (χ1v) is 6.91. The summed E-state index contributed by atoms with van der Waals surface area (Å²) >= 11 is 0. The minimum atomic E-state index is -0.144. The Morgan fingerprint density at radius 1 is 0.950 bits per heavy atom. The molecule has 20 heavy (non-hydrogen) atoms. The monoisotopic (exact) mass is 267 g/mol. The van der Waals surface area contributed by atoms with Crippen LogP contribution in [0.4, 0.5) is 0 Å². The molecule has 0 fully saturated rings. The topological polar surface area (TPSA) is 43.1 Å². The molecule has 2 heteroatoms. The van der Waals surface area contributed by atoms with Gasteiger partial charge in [0.1, 0.15) is 0 Å². The Kier molecular flexibility index (Phi) is 4.35. The van der Waals surface area contributed by atoms with Gasteiger partial charge < -0.3 is 5.73 Å². The van der Waals surface area contributed by atoms with E-state index >= 15 is 0 Å². The third kappa shape index (κ3) is 3.55. The Bertz CT molecular complexity index is 570. The van der Waals surface area contributed by atoms with Gasteiger partial charge in [-0.2, -0.15) is 0 Å². The van der Waals surface area contributed by atoms with E-state index in [1.165, 1.54) is 0 Å². The Hall–Kier alpha value is -1.93. The van der Waals surface area contributed by atoms with Crippen molar-refractivity contribution in [1.82, 2.24) is 0 Å². The highest BCUT2D eigenvalue weighted by atomic mass is 16.1. The fourth-order valence-electron chi connectivity index (χ4n) is 2.09. The number of ketones is 1. The second-order valence-corrected chi connectivity index (χ2v) is 5.91. The van der Waals surface area contributed by atoms with Gasteiger partial charge in [-0.15, -0.1) is 0 Å². The van der Waals surface area contributed by atoms with Gasteiger partial charge in [0.05, 0.1) is 0 Å². The van der Waals surface area contributed by atoms with E-state index in [1.54, 1.807) is 0 Å². The second-order valence-electron chi connectivity index (χ2n) is 5.91. The van der Waals surface area contributed by atoms with Gasteiger partial charge in [0, 0.05) is 12.0 Å². The molecule has 0 atom stereocenters. The van der Waals surface area contributed by atoms with Crippen molar-refractivity contribution >= 4 is 5.78 Å². The van der Waals surface area contributed by atoms with E-state index in [0.29, 0.717) is 13.0 Å². The van der Waals surface area contributed by atoms with Crippen molar-refractivity contribution in [3.63, 3.8) is 0 Å². The predicted molar refractivity (Wildman–Crippen MR) is 83.7 cm³/mol. The van der Waals surface area contributed by atoms with Crippen LogP contribution < -0.4 is 5.73 Å². The number of Topliss-reactive ketones (excluding diaryl/α,β-unsaturated/α-hetero) is 1. The molecule has 0 spiro atoms. The van der Waals surface area contributed by atoms with Crippen LogP contribution in [-0.2, 0) is 0 Å². The lowest BCUT2D eigenvalue weighted by Crippen LogP contribution is -2.26. The van der Waals surface area contributed by atoms with Gasteiger partial charge in [-0.05, 0) is 23.1 Å². The maximum absolute atomic E-state index is 12.2. The molecule has 0 aliphatic carbocycles. The third-order valence-corrected chi connectivity index (χ3v) is 3.51. The number of rotatable bonds is 5. The summed E-state index contributed by atoms with van der Waals surface area (Å²) in [5.74, 6) is 0.153. The van der Waals surface area contributed by atoms with Crippen molar-refractivity contribution < 1.29 is 4.79 Å². The predicted octanol–water partition coefficient (Wildman–Crippen LogP) is 3.91. The Balaban J connectivity index is 2.15. The fourth-order valence-corrected chi connectivity index (χ4v) is 2.09. The molecule has 0 aliphatic rings. The summed E-state index contributed by atoms with van der Waals surface area (Å²) < 4.78 is 0. The SMILES string of the molecule is CC(C)(CN)CC(=O)c1ccc(-c2ccccc2)cc1. The van der Waals surface area contributed by atoms with Crippen LogP contribution in [0.5, 0.6) is 0 Å². The number of hydrogen-bond donors (Lipinski definition) is 1. The van der Waals surface area contributed by atoms with Gasteiger partial charge in [-0.25, -0.2) is 0 Å². The lowest BCUT2D eigenvalue weighted by molar-refractivity contribution is 0.0935. The first-order chi connectivity index (χ1) is 9.52. The van der Waals surface area contributed by atoms with E-state index in [1.807, 2.05) is 56.3 Å². The highest BCUT2D eigenvalue weighted by Gasteiger charge is 2.20. The van der Waals surface area contributed by atoms with Gasteiger partial charge in [-0.3, -0.25) is 4.79 Å². The summed E-state index contributed by atoms with van der Waals surface area (Å²) in [6.07, 6.45) is 0.480. The third-order valence-electron chi connectivity index (χ3n) is 3.51. The minimum Gasteiger partial charge on any atom is -0.330 e. The second kappa shape index (κ2) is 6.02. The van der Waals surface area contributed by atoms with Gasteiger partial charge >= 0.3 is 0 Å². The van der Waals surface area contributed by atoms with Crippen LogP contribution in [0.25, 0.3) is 11.1 Å². The molecule has 0 amide bonds. The van der Waals surface area contributed by atoms with Crippen molar-refractivity contribution in [2.75, 3.05) is 6.54 Å². The normalized spacial score (nSPS) is 11.3. The van der Waals surface area contributed by atoms with Crippen LogP contribution in [0, 0.1) is 5.41 Å². The zero-order valence-corrected chi connectivity index (χ0v) is 12.1. The quantitative estimate of drug-likeness (QED) is 0.835. The molecule has 0 heterocycles. The first kappa shape index (κ1) is 14.5. The Morgan fingerprint density at radius 2 is 1.50 bits per heavy atom. The molecule has 2 N–H and O–H groups in total. The Labute approximate surface area is 120 Å². The molecule has 2 aromatic rings. The van der Waals surface area contributed by atoms with E-state index in [2.05, 4.69) is 12.1 Å². The fraction of sp³-hybridized carbons (Fsp3) is 0.278.